The second kappa shape index (κ2) is 8.04. The lowest BCUT2D eigenvalue weighted by atomic mass is 10.1. The Morgan fingerprint density at radius 3 is 2.00 bits per heavy atom. The highest BCUT2D eigenvalue weighted by Crippen LogP contribution is 2.26. The molecule has 144 valence electrons. The van der Waals surface area contributed by atoms with Gasteiger partial charge in [-0.15, -0.1) is 0 Å². The van der Waals surface area contributed by atoms with Gasteiger partial charge < -0.3 is 9.47 Å². The van der Waals surface area contributed by atoms with Crippen molar-refractivity contribution in [3.63, 3.8) is 0 Å². The zero-order valence-electron chi connectivity index (χ0n) is 15.5. The third kappa shape index (κ3) is 3.78. The minimum atomic E-state index is -0.955. The van der Waals surface area contributed by atoms with E-state index in [9.17, 15) is 19.2 Å². The van der Waals surface area contributed by atoms with Crippen LogP contribution in [0.3, 0.4) is 0 Å². The van der Waals surface area contributed by atoms with E-state index in [2.05, 4.69) is 0 Å². The summed E-state index contributed by atoms with van der Waals surface area (Å²) in [5.41, 5.74) is 0.867. The summed E-state index contributed by atoms with van der Waals surface area (Å²) < 4.78 is 10.5. The summed E-state index contributed by atoms with van der Waals surface area (Å²) in [6.07, 6.45) is -0.894. The molecule has 0 saturated heterocycles. The highest BCUT2D eigenvalue weighted by Gasteiger charge is 2.43. The largest absolute Gasteiger partial charge is 0.464 e. The maximum Gasteiger partial charge on any atom is 0.338 e. The van der Waals surface area contributed by atoms with E-state index in [1.54, 1.807) is 61.5 Å². The van der Waals surface area contributed by atoms with Crippen LogP contribution in [0.2, 0.25) is 0 Å². The van der Waals surface area contributed by atoms with Gasteiger partial charge in [-0.2, -0.15) is 0 Å². The molecule has 1 aliphatic heterocycles. The number of ether oxygens (including phenoxy) is 2. The smallest absolute Gasteiger partial charge is 0.338 e. The zero-order valence-corrected chi connectivity index (χ0v) is 15.5. The minimum Gasteiger partial charge on any atom is -0.464 e. The average molecular weight is 381 g/mol. The molecule has 7 heteroatoms. The number of hydrogen-bond donors (Lipinski definition) is 0. The minimum absolute atomic E-state index is 0.266. The quantitative estimate of drug-likeness (QED) is 0.564. The van der Waals surface area contributed by atoms with Crippen LogP contribution in [0, 0.1) is 0 Å². The summed E-state index contributed by atoms with van der Waals surface area (Å²) in [6.45, 7) is 2.50. The lowest BCUT2D eigenvalue weighted by Gasteiger charge is -2.30. The van der Waals surface area contributed by atoms with Gasteiger partial charge in [0.1, 0.15) is 18.8 Å². The van der Waals surface area contributed by atoms with Crippen molar-refractivity contribution < 1.29 is 28.7 Å². The lowest BCUT2D eigenvalue weighted by Crippen LogP contribution is -2.50. The van der Waals surface area contributed by atoms with Crippen molar-refractivity contribution in [2.24, 2.45) is 0 Å². The van der Waals surface area contributed by atoms with Crippen molar-refractivity contribution in [2.75, 3.05) is 6.61 Å². The van der Waals surface area contributed by atoms with Crippen LogP contribution in [0.1, 0.15) is 44.9 Å². The summed E-state index contributed by atoms with van der Waals surface area (Å²) in [4.78, 5) is 50.2. The van der Waals surface area contributed by atoms with Gasteiger partial charge in [0.2, 0.25) is 0 Å². The summed E-state index contributed by atoms with van der Waals surface area (Å²) in [6, 6.07) is 13.8. The molecule has 0 saturated carbocycles. The van der Waals surface area contributed by atoms with Gasteiger partial charge in [0.05, 0.1) is 16.7 Å². The Morgan fingerprint density at radius 1 is 0.929 bits per heavy atom. The standard InChI is InChI=1S/C21H19NO6/c1-13(28-21(26)15-8-4-3-5-9-15)18(12-27-14(2)23)22-19(24)16-10-6-7-11-17(16)20(22)25/h3-11,13,18H,12H2,1-2H3/t13-,18-/m0/s1. The van der Waals surface area contributed by atoms with Crippen molar-refractivity contribution in [3.8, 4) is 0 Å². The Kier molecular flexibility index (Phi) is 5.54. The number of carbonyl (C=O) groups excluding carboxylic acids is 4. The number of imide groups is 1. The van der Waals surface area contributed by atoms with Crippen molar-refractivity contribution in [1.82, 2.24) is 4.90 Å². The predicted molar refractivity (Wildman–Crippen MR) is 98.7 cm³/mol. The van der Waals surface area contributed by atoms with Crippen LogP contribution in [0.15, 0.2) is 54.6 Å². The van der Waals surface area contributed by atoms with Gasteiger partial charge in [-0.3, -0.25) is 19.3 Å². The lowest BCUT2D eigenvalue weighted by molar-refractivity contribution is -0.143. The average Bonchev–Trinajstić information content (AvgIpc) is 2.94. The molecule has 0 unspecified atom stereocenters. The van der Waals surface area contributed by atoms with Crippen molar-refractivity contribution in [2.45, 2.75) is 26.0 Å². The summed E-state index contributed by atoms with van der Waals surface area (Å²) in [7, 11) is 0. The van der Waals surface area contributed by atoms with Gasteiger partial charge in [-0.1, -0.05) is 30.3 Å². The number of benzene rings is 2. The molecule has 28 heavy (non-hydrogen) atoms. The van der Waals surface area contributed by atoms with Crippen LogP contribution in [0.4, 0.5) is 0 Å². The molecule has 7 nitrogen and oxygen atoms in total. The first-order valence-corrected chi connectivity index (χ1v) is 8.76. The fourth-order valence-corrected chi connectivity index (χ4v) is 3.02. The van der Waals surface area contributed by atoms with E-state index in [0.29, 0.717) is 5.56 Å². The van der Waals surface area contributed by atoms with Gasteiger partial charge in [-0.25, -0.2) is 4.79 Å². The molecule has 1 heterocycles. The Labute approximate surface area is 161 Å². The normalized spacial score (nSPS) is 15.0. The van der Waals surface area contributed by atoms with Gasteiger partial charge in [0, 0.05) is 6.92 Å². The topological polar surface area (TPSA) is 90.0 Å². The number of fused-ring (bicyclic) bond motifs is 1. The number of nitrogens with zero attached hydrogens (tertiary/aromatic N) is 1. The maximum atomic E-state index is 12.8. The van der Waals surface area contributed by atoms with Crippen LogP contribution < -0.4 is 0 Å². The van der Waals surface area contributed by atoms with E-state index in [4.69, 9.17) is 9.47 Å². The first-order chi connectivity index (χ1) is 13.4. The summed E-state index contributed by atoms with van der Waals surface area (Å²) in [5.74, 6) is -2.19. The van der Waals surface area contributed by atoms with Crippen molar-refractivity contribution >= 4 is 23.8 Å². The van der Waals surface area contributed by atoms with E-state index >= 15 is 0 Å². The highest BCUT2D eigenvalue weighted by molar-refractivity contribution is 6.21. The van der Waals surface area contributed by atoms with Gasteiger partial charge in [0.25, 0.3) is 11.8 Å². The number of carbonyl (C=O) groups is 4. The van der Waals surface area contributed by atoms with Gasteiger partial charge in [0.15, 0.2) is 0 Å². The van der Waals surface area contributed by atoms with Crippen molar-refractivity contribution in [1.29, 1.82) is 0 Å². The molecule has 0 spiro atoms. The highest BCUT2D eigenvalue weighted by atomic mass is 16.6. The second-order valence-corrected chi connectivity index (χ2v) is 6.37. The Hall–Kier alpha value is -3.48. The first-order valence-electron chi connectivity index (χ1n) is 8.76. The molecule has 2 aromatic rings. The van der Waals surface area contributed by atoms with E-state index in [1.165, 1.54) is 6.92 Å². The maximum absolute atomic E-state index is 12.8. The van der Waals surface area contributed by atoms with Gasteiger partial charge in [-0.05, 0) is 31.2 Å². The number of amides is 2. The fraction of sp³-hybridized carbons (Fsp3) is 0.238. The molecule has 0 N–H and O–H groups in total. The molecule has 3 rings (SSSR count). The zero-order chi connectivity index (χ0) is 20.3. The molecule has 1 aliphatic rings. The van der Waals surface area contributed by atoms with Gasteiger partial charge >= 0.3 is 11.9 Å². The van der Waals surface area contributed by atoms with Crippen LogP contribution in [-0.4, -0.2) is 47.4 Å². The Bertz CT molecular complexity index is 889. The van der Waals surface area contributed by atoms with Crippen molar-refractivity contribution in [3.05, 3.63) is 71.3 Å². The molecule has 0 radical (unpaired) electrons. The molecule has 0 fully saturated rings. The molecule has 2 amide bonds. The van der Waals surface area contributed by atoms with E-state index in [1.807, 2.05) is 0 Å². The fourth-order valence-electron chi connectivity index (χ4n) is 3.02. The van der Waals surface area contributed by atoms with Crippen LogP contribution in [-0.2, 0) is 14.3 Å². The monoisotopic (exact) mass is 381 g/mol. The predicted octanol–water partition coefficient (Wildman–Crippen LogP) is 2.46. The SMILES string of the molecule is CC(=O)OC[C@@H]([C@H](C)OC(=O)c1ccccc1)N1C(=O)c2ccccc2C1=O. The van der Waals surface area contributed by atoms with Crippen LogP contribution in [0.5, 0.6) is 0 Å². The number of esters is 2. The Balaban J connectivity index is 1.85. The van der Waals surface area contributed by atoms with E-state index in [-0.39, 0.29) is 17.7 Å². The molecule has 0 aromatic heterocycles. The molecule has 0 bridgehead atoms. The molecular weight excluding hydrogens is 362 g/mol. The summed E-state index contributed by atoms with van der Waals surface area (Å²) in [5, 5.41) is 0. The first kappa shape index (κ1) is 19.3. The third-order valence-corrected chi connectivity index (χ3v) is 4.46. The van der Waals surface area contributed by atoms with Crippen LogP contribution >= 0.6 is 0 Å². The second-order valence-electron chi connectivity index (χ2n) is 6.37. The summed E-state index contributed by atoms with van der Waals surface area (Å²) >= 11 is 0. The third-order valence-electron chi connectivity index (χ3n) is 4.46. The molecule has 0 aliphatic carbocycles. The molecule has 2 atom stereocenters. The Morgan fingerprint density at radius 2 is 1.46 bits per heavy atom. The molecule has 2 aromatic carbocycles. The van der Waals surface area contributed by atoms with Crippen LogP contribution in [0.25, 0.3) is 0 Å². The van der Waals surface area contributed by atoms with E-state index < -0.39 is 35.9 Å². The number of hydrogen-bond acceptors (Lipinski definition) is 6. The molecular formula is C21H19NO6. The number of rotatable bonds is 6. The van der Waals surface area contributed by atoms with E-state index in [0.717, 1.165) is 4.90 Å².